The molecule has 0 fully saturated rings. The highest BCUT2D eigenvalue weighted by Gasteiger charge is 2.18. The maximum atomic E-state index is 13.5. The van der Waals surface area contributed by atoms with Crippen molar-refractivity contribution in [1.29, 1.82) is 0 Å². The lowest BCUT2D eigenvalue weighted by atomic mass is 10.0. The fourth-order valence-electron chi connectivity index (χ4n) is 4.30. The third-order valence-electron chi connectivity index (χ3n) is 5.91. The minimum Gasteiger partial charge on any atom is -0.299 e. The molecule has 1 N–H and O–H groups in total. The van der Waals surface area contributed by atoms with Crippen LogP contribution in [0.2, 0.25) is 0 Å². The van der Waals surface area contributed by atoms with Crippen LogP contribution in [0, 0.1) is 5.92 Å². The summed E-state index contributed by atoms with van der Waals surface area (Å²) in [7, 11) is 0. The lowest BCUT2D eigenvalue weighted by Gasteiger charge is -2.09. The van der Waals surface area contributed by atoms with Crippen LogP contribution < -0.4 is 5.69 Å². The van der Waals surface area contributed by atoms with Crippen LogP contribution in [0.3, 0.4) is 0 Å². The van der Waals surface area contributed by atoms with Crippen LogP contribution in [0.15, 0.2) is 59.9 Å². The molecule has 1 aromatic carbocycles. The van der Waals surface area contributed by atoms with Gasteiger partial charge in [-0.05, 0) is 29.2 Å². The van der Waals surface area contributed by atoms with Crippen molar-refractivity contribution < 1.29 is 0 Å². The van der Waals surface area contributed by atoms with Crippen molar-refractivity contribution >= 4 is 0 Å². The highest BCUT2D eigenvalue weighted by atomic mass is 16.2. The number of aryl methyl sites for hydroxylation is 1. The van der Waals surface area contributed by atoms with Gasteiger partial charge in [-0.3, -0.25) is 14.1 Å². The van der Waals surface area contributed by atoms with Gasteiger partial charge in [0.15, 0.2) is 0 Å². The number of benzene rings is 1. The summed E-state index contributed by atoms with van der Waals surface area (Å²) in [5.74, 6) is 1.46. The lowest BCUT2D eigenvalue weighted by Crippen LogP contribution is -2.27. The van der Waals surface area contributed by atoms with Crippen molar-refractivity contribution in [3.63, 3.8) is 0 Å². The molecule has 11 nitrogen and oxygen atoms in total. The Morgan fingerprint density at radius 2 is 1.89 bits per heavy atom. The summed E-state index contributed by atoms with van der Waals surface area (Å²) in [6.45, 7) is 7.44. The summed E-state index contributed by atoms with van der Waals surface area (Å²) in [6, 6.07) is 11.8. The van der Waals surface area contributed by atoms with E-state index in [2.05, 4.69) is 56.6 Å². The zero-order valence-electron chi connectivity index (χ0n) is 20.5. The minimum absolute atomic E-state index is 0.148. The number of tetrazole rings is 1. The topological polar surface area (TPSA) is 125 Å². The van der Waals surface area contributed by atoms with E-state index in [9.17, 15) is 4.79 Å². The highest BCUT2D eigenvalue weighted by molar-refractivity contribution is 5.79. The number of hydrogen-bond acceptors (Lipinski definition) is 7. The zero-order chi connectivity index (χ0) is 25.1. The van der Waals surface area contributed by atoms with E-state index >= 15 is 0 Å². The van der Waals surface area contributed by atoms with E-state index in [1.54, 1.807) is 15.5 Å². The van der Waals surface area contributed by atoms with Crippen molar-refractivity contribution in [1.82, 2.24) is 49.5 Å². The number of imidazole rings is 1. The Kier molecular flexibility index (Phi) is 6.52. The van der Waals surface area contributed by atoms with Crippen molar-refractivity contribution in [2.24, 2.45) is 5.92 Å². The van der Waals surface area contributed by atoms with Gasteiger partial charge in [0.2, 0.25) is 11.8 Å². The van der Waals surface area contributed by atoms with Gasteiger partial charge in [0.1, 0.15) is 6.33 Å². The van der Waals surface area contributed by atoms with E-state index in [-0.39, 0.29) is 5.69 Å². The SMILES string of the molecule is CCCc1cn(-c2nncn2CC(C)C)c(=O)n1Cc1ccc(-c2ccccc2-c2nn[nH]n2)cn1. The third kappa shape index (κ3) is 4.59. The second-order valence-corrected chi connectivity index (χ2v) is 9.11. The predicted molar refractivity (Wildman–Crippen MR) is 134 cm³/mol. The molecule has 4 aromatic heterocycles. The Bertz CT molecular complexity index is 1490. The van der Waals surface area contributed by atoms with Crippen molar-refractivity contribution in [3.05, 3.63) is 77.0 Å². The van der Waals surface area contributed by atoms with Gasteiger partial charge in [0.25, 0.3) is 0 Å². The Hall–Kier alpha value is -4.41. The molecule has 0 unspecified atom stereocenters. The number of aromatic nitrogens is 10. The molecule has 0 saturated heterocycles. The Balaban J connectivity index is 1.46. The van der Waals surface area contributed by atoms with Crippen LogP contribution in [0.5, 0.6) is 0 Å². The molecule has 0 aliphatic heterocycles. The molecule has 0 atom stereocenters. The molecule has 4 heterocycles. The van der Waals surface area contributed by atoms with E-state index in [0.717, 1.165) is 47.5 Å². The van der Waals surface area contributed by atoms with Crippen LogP contribution in [0.25, 0.3) is 28.5 Å². The van der Waals surface area contributed by atoms with Gasteiger partial charge in [0, 0.05) is 35.8 Å². The van der Waals surface area contributed by atoms with Crippen molar-refractivity contribution in [3.8, 4) is 28.5 Å². The van der Waals surface area contributed by atoms with E-state index in [1.807, 2.05) is 53.4 Å². The van der Waals surface area contributed by atoms with Crippen LogP contribution in [-0.2, 0) is 19.5 Å². The normalized spacial score (nSPS) is 11.4. The summed E-state index contributed by atoms with van der Waals surface area (Å²) in [5, 5.41) is 22.7. The van der Waals surface area contributed by atoms with E-state index < -0.39 is 0 Å². The number of nitrogens with zero attached hydrogens (tertiary/aromatic N) is 9. The molecule has 0 bridgehead atoms. The first kappa shape index (κ1) is 23.3. The molecule has 184 valence electrons. The number of aromatic amines is 1. The number of pyridine rings is 1. The van der Waals surface area contributed by atoms with Gasteiger partial charge in [0.05, 0.1) is 12.2 Å². The maximum absolute atomic E-state index is 13.5. The summed E-state index contributed by atoms with van der Waals surface area (Å²) in [4.78, 5) is 18.1. The highest BCUT2D eigenvalue weighted by Crippen LogP contribution is 2.29. The Morgan fingerprint density at radius 1 is 1.06 bits per heavy atom. The van der Waals surface area contributed by atoms with E-state index in [4.69, 9.17) is 0 Å². The van der Waals surface area contributed by atoms with Gasteiger partial charge in [-0.1, -0.05) is 57.5 Å². The summed E-state index contributed by atoms with van der Waals surface area (Å²) < 4.78 is 5.28. The summed E-state index contributed by atoms with van der Waals surface area (Å²) in [6.07, 6.45) is 7.06. The van der Waals surface area contributed by atoms with Gasteiger partial charge in [-0.15, -0.1) is 20.4 Å². The third-order valence-corrected chi connectivity index (χ3v) is 5.91. The Morgan fingerprint density at radius 3 is 2.58 bits per heavy atom. The minimum atomic E-state index is -0.148. The smallest absolute Gasteiger partial charge is 0.299 e. The fraction of sp³-hybridized carbons (Fsp3) is 0.320. The first-order chi connectivity index (χ1) is 17.5. The second-order valence-electron chi connectivity index (χ2n) is 9.11. The predicted octanol–water partition coefficient (Wildman–Crippen LogP) is 3.13. The molecule has 5 aromatic rings. The van der Waals surface area contributed by atoms with Crippen LogP contribution >= 0.6 is 0 Å². The van der Waals surface area contributed by atoms with E-state index in [1.165, 1.54) is 0 Å². The van der Waals surface area contributed by atoms with Gasteiger partial charge in [-0.2, -0.15) is 5.21 Å². The van der Waals surface area contributed by atoms with Crippen LogP contribution in [0.1, 0.15) is 38.6 Å². The van der Waals surface area contributed by atoms with Crippen molar-refractivity contribution in [2.75, 3.05) is 0 Å². The Labute approximate surface area is 207 Å². The molecule has 0 spiro atoms. The molecule has 36 heavy (non-hydrogen) atoms. The zero-order valence-corrected chi connectivity index (χ0v) is 20.5. The fourth-order valence-corrected chi connectivity index (χ4v) is 4.30. The first-order valence-electron chi connectivity index (χ1n) is 12.0. The molecule has 0 aliphatic carbocycles. The molecule has 0 radical (unpaired) electrons. The number of nitrogens with one attached hydrogen (secondary N) is 1. The largest absolute Gasteiger partial charge is 0.335 e. The molecular weight excluding hydrogens is 456 g/mol. The van der Waals surface area contributed by atoms with E-state index in [0.29, 0.717) is 24.2 Å². The number of H-pyrrole nitrogens is 1. The molecule has 0 aliphatic rings. The summed E-state index contributed by atoms with van der Waals surface area (Å²) >= 11 is 0. The molecule has 11 heteroatoms. The molecule has 5 rings (SSSR count). The van der Waals surface area contributed by atoms with Gasteiger partial charge in [-0.25, -0.2) is 9.36 Å². The second kappa shape index (κ2) is 10.1. The molecule has 0 amide bonds. The molecule has 0 saturated carbocycles. The quantitative estimate of drug-likeness (QED) is 0.341. The van der Waals surface area contributed by atoms with Gasteiger partial charge >= 0.3 is 5.69 Å². The average Bonchev–Trinajstić information content (AvgIpc) is 3.63. The number of hydrogen-bond donors (Lipinski definition) is 1. The standard InChI is InChI=1S/C25H28N10O/c1-4-7-20-15-35(24-30-27-16-33(24)13-17(2)3)25(36)34(20)14-19-11-10-18(12-26-19)21-8-5-6-9-22(21)23-28-31-32-29-23/h5-6,8-12,15-17H,4,7,13-14H2,1-3H3,(H,28,29,31,32). The lowest BCUT2D eigenvalue weighted by molar-refractivity contribution is 0.512. The van der Waals surface area contributed by atoms with Crippen LogP contribution in [-0.4, -0.2) is 49.5 Å². The van der Waals surface area contributed by atoms with Crippen LogP contribution in [0.4, 0.5) is 0 Å². The summed E-state index contributed by atoms with van der Waals surface area (Å²) in [5.41, 5.74) is 4.33. The monoisotopic (exact) mass is 484 g/mol. The van der Waals surface area contributed by atoms with Gasteiger partial charge < -0.3 is 0 Å². The van der Waals surface area contributed by atoms with Crippen molar-refractivity contribution in [2.45, 2.75) is 46.7 Å². The molecular formula is C25H28N10O. The maximum Gasteiger partial charge on any atom is 0.335 e. The number of rotatable bonds is 9. The first-order valence-corrected chi connectivity index (χ1v) is 12.0. The average molecular weight is 485 g/mol.